The Labute approximate surface area is 92.2 Å². The zero-order chi connectivity index (χ0) is 11.4. The number of rotatable bonds is 4. The van der Waals surface area contributed by atoms with E-state index in [2.05, 4.69) is 10.3 Å². The van der Waals surface area contributed by atoms with E-state index in [0.29, 0.717) is 19.6 Å². The molecule has 0 saturated carbocycles. The number of hydrogen-bond acceptors (Lipinski definition) is 3. The minimum atomic E-state index is -0.631. The minimum Gasteiger partial charge on any atom is -0.487 e. The van der Waals surface area contributed by atoms with E-state index in [1.807, 2.05) is 0 Å². The molecular formula is C10H12FN3O2. The fourth-order valence-electron chi connectivity index (χ4n) is 1.47. The highest BCUT2D eigenvalue weighted by atomic mass is 19.1. The van der Waals surface area contributed by atoms with Gasteiger partial charge in [0.2, 0.25) is 0 Å². The Balaban J connectivity index is 1.80. The van der Waals surface area contributed by atoms with Gasteiger partial charge in [-0.2, -0.15) is 4.39 Å². The van der Waals surface area contributed by atoms with Gasteiger partial charge in [0.05, 0.1) is 6.54 Å². The van der Waals surface area contributed by atoms with Gasteiger partial charge in [-0.1, -0.05) is 0 Å². The highest BCUT2D eigenvalue weighted by Gasteiger charge is 2.18. The molecule has 2 rings (SSSR count). The van der Waals surface area contributed by atoms with Crippen LogP contribution in [-0.2, 0) is 0 Å². The lowest BCUT2D eigenvalue weighted by Crippen LogP contribution is -2.31. The molecule has 5 nitrogen and oxygen atoms in total. The lowest BCUT2D eigenvalue weighted by Gasteiger charge is -2.14. The van der Waals surface area contributed by atoms with Crippen LogP contribution in [0.15, 0.2) is 18.3 Å². The Hall–Kier alpha value is -1.85. The standard InChI is InChI=1S/C10H12FN3O2/c11-9-8(2-1-3-12-9)16-7-6-14-5-4-13-10(14)15/h1-3H,4-7H2,(H,13,15). The minimum absolute atomic E-state index is 0.102. The summed E-state index contributed by atoms with van der Waals surface area (Å²) in [6.45, 7) is 2.02. The third-order valence-electron chi connectivity index (χ3n) is 2.29. The number of pyridine rings is 1. The smallest absolute Gasteiger partial charge is 0.317 e. The van der Waals surface area contributed by atoms with Crippen LogP contribution in [0, 0.1) is 5.95 Å². The number of amides is 2. The van der Waals surface area contributed by atoms with Crippen LogP contribution in [0.2, 0.25) is 0 Å². The Morgan fingerprint density at radius 1 is 1.62 bits per heavy atom. The molecule has 0 radical (unpaired) electrons. The molecule has 1 fully saturated rings. The molecule has 6 heteroatoms. The molecule has 1 aromatic heterocycles. The van der Waals surface area contributed by atoms with E-state index in [9.17, 15) is 9.18 Å². The highest BCUT2D eigenvalue weighted by Crippen LogP contribution is 2.12. The first-order chi connectivity index (χ1) is 7.77. The van der Waals surface area contributed by atoms with Gasteiger partial charge in [0.25, 0.3) is 5.95 Å². The van der Waals surface area contributed by atoms with Gasteiger partial charge >= 0.3 is 6.03 Å². The first-order valence-electron chi connectivity index (χ1n) is 5.03. The molecule has 0 unspecified atom stereocenters. The van der Waals surface area contributed by atoms with Gasteiger partial charge in [0.15, 0.2) is 5.75 Å². The zero-order valence-corrected chi connectivity index (χ0v) is 8.65. The number of carbonyl (C=O) groups is 1. The first-order valence-corrected chi connectivity index (χ1v) is 5.03. The maximum Gasteiger partial charge on any atom is 0.317 e. The van der Waals surface area contributed by atoms with Crippen LogP contribution in [-0.4, -0.2) is 42.2 Å². The first kappa shape index (κ1) is 10.7. The third-order valence-corrected chi connectivity index (χ3v) is 2.29. The monoisotopic (exact) mass is 225 g/mol. The van der Waals surface area contributed by atoms with Gasteiger partial charge in [-0.05, 0) is 12.1 Å². The summed E-state index contributed by atoms with van der Waals surface area (Å²) in [4.78, 5) is 16.2. The average molecular weight is 225 g/mol. The van der Waals surface area contributed by atoms with Crippen molar-refractivity contribution in [3.8, 4) is 5.75 Å². The average Bonchev–Trinajstić information content (AvgIpc) is 2.67. The van der Waals surface area contributed by atoms with E-state index in [-0.39, 0.29) is 18.4 Å². The van der Waals surface area contributed by atoms with E-state index >= 15 is 0 Å². The molecule has 0 atom stereocenters. The number of ether oxygens (including phenoxy) is 1. The van der Waals surface area contributed by atoms with Crippen LogP contribution >= 0.6 is 0 Å². The Morgan fingerprint density at radius 3 is 3.19 bits per heavy atom. The lowest BCUT2D eigenvalue weighted by atomic mass is 10.4. The molecule has 1 saturated heterocycles. The lowest BCUT2D eigenvalue weighted by molar-refractivity contribution is 0.200. The summed E-state index contributed by atoms with van der Waals surface area (Å²) in [5.74, 6) is -0.518. The van der Waals surface area contributed by atoms with Crippen molar-refractivity contribution in [1.82, 2.24) is 15.2 Å². The quantitative estimate of drug-likeness (QED) is 0.764. The molecule has 1 aliphatic rings. The van der Waals surface area contributed by atoms with Crippen molar-refractivity contribution in [2.45, 2.75) is 0 Å². The summed E-state index contributed by atoms with van der Waals surface area (Å²) in [6, 6.07) is 3.00. The number of aromatic nitrogens is 1. The second-order valence-corrected chi connectivity index (χ2v) is 3.36. The van der Waals surface area contributed by atoms with Gasteiger partial charge in [0, 0.05) is 19.3 Å². The molecule has 1 aromatic rings. The molecule has 0 aromatic carbocycles. The second-order valence-electron chi connectivity index (χ2n) is 3.36. The normalized spacial score (nSPS) is 15.1. The van der Waals surface area contributed by atoms with Crippen LogP contribution in [0.5, 0.6) is 5.75 Å². The van der Waals surface area contributed by atoms with E-state index < -0.39 is 5.95 Å². The van der Waals surface area contributed by atoms with Crippen LogP contribution in [0.4, 0.5) is 9.18 Å². The topological polar surface area (TPSA) is 54.5 Å². The van der Waals surface area contributed by atoms with Gasteiger partial charge < -0.3 is 15.0 Å². The summed E-state index contributed by atoms with van der Waals surface area (Å²) in [6.07, 6.45) is 1.36. The van der Waals surface area contributed by atoms with Crippen LogP contribution in [0.3, 0.4) is 0 Å². The molecule has 0 bridgehead atoms. The summed E-state index contributed by atoms with van der Waals surface area (Å²) in [7, 11) is 0. The maximum atomic E-state index is 13.0. The van der Waals surface area contributed by atoms with Crippen molar-refractivity contribution in [3.63, 3.8) is 0 Å². The van der Waals surface area contributed by atoms with E-state index in [1.54, 1.807) is 11.0 Å². The van der Waals surface area contributed by atoms with Crippen molar-refractivity contribution in [2.75, 3.05) is 26.2 Å². The van der Waals surface area contributed by atoms with Gasteiger partial charge in [-0.15, -0.1) is 0 Å². The predicted octanol–water partition coefficient (Wildman–Crippen LogP) is 0.625. The summed E-state index contributed by atoms with van der Waals surface area (Å²) in [5, 5.41) is 2.67. The largest absolute Gasteiger partial charge is 0.487 e. The number of halogens is 1. The molecule has 1 aliphatic heterocycles. The maximum absolute atomic E-state index is 13.0. The van der Waals surface area contributed by atoms with Crippen LogP contribution in [0.1, 0.15) is 0 Å². The van der Waals surface area contributed by atoms with Crippen molar-refractivity contribution in [1.29, 1.82) is 0 Å². The molecule has 2 heterocycles. The van der Waals surface area contributed by atoms with E-state index in [4.69, 9.17) is 4.74 Å². The summed E-state index contributed by atoms with van der Waals surface area (Å²) < 4.78 is 18.2. The van der Waals surface area contributed by atoms with E-state index in [1.165, 1.54) is 12.3 Å². The highest BCUT2D eigenvalue weighted by molar-refractivity contribution is 5.76. The fraction of sp³-hybridized carbons (Fsp3) is 0.400. The molecule has 16 heavy (non-hydrogen) atoms. The number of nitrogens with zero attached hydrogens (tertiary/aromatic N) is 2. The summed E-state index contributed by atoms with van der Waals surface area (Å²) >= 11 is 0. The Morgan fingerprint density at radius 2 is 2.50 bits per heavy atom. The Kier molecular flexibility index (Phi) is 3.19. The van der Waals surface area contributed by atoms with Gasteiger partial charge in [0.1, 0.15) is 6.61 Å². The third kappa shape index (κ3) is 2.39. The molecule has 0 aliphatic carbocycles. The Bertz CT molecular complexity index is 386. The predicted molar refractivity (Wildman–Crippen MR) is 54.7 cm³/mol. The van der Waals surface area contributed by atoms with Crippen molar-refractivity contribution >= 4 is 6.03 Å². The molecule has 86 valence electrons. The number of hydrogen-bond donors (Lipinski definition) is 1. The summed E-state index contributed by atoms with van der Waals surface area (Å²) in [5.41, 5.74) is 0. The molecule has 1 N–H and O–H groups in total. The van der Waals surface area contributed by atoms with Crippen LogP contribution < -0.4 is 10.1 Å². The molecule has 0 spiro atoms. The van der Waals surface area contributed by atoms with E-state index in [0.717, 1.165) is 0 Å². The fourth-order valence-corrected chi connectivity index (χ4v) is 1.47. The van der Waals surface area contributed by atoms with Gasteiger partial charge in [-0.3, -0.25) is 0 Å². The molecular weight excluding hydrogens is 213 g/mol. The van der Waals surface area contributed by atoms with Crippen molar-refractivity contribution in [3.05, 3.63) is 24.3 Å². The number of nitrogens with one attached hydrogen (secondary N) is 1. The van der Waals surface area contributed by atoms with Crippen molar-refractivity contribution < 1.29 is 13.9 Å². The van der Waals surface area contributed by atoms with Crippen molar-refractivity contribution in [2.24, 2.45) is 0 Å². The van der Waals surface area contributed by atoms with Gasteiger partial charge in [-0.25, -0.2) is 9.78 Å². The number of carbonyl (C=O) groups excluding carboxylic acids is 1. The SMILES string of the molecule is O=C1NCCN1CCOc1cccnc1F. The second kappa shape index (κ2) is 4.78. The zero-order valence-electron chi connectivity index (χ0n) is 8.65. The molecule has 2 amide bonds. The van der Waals surface area contributed by atoms with Crippen LogP contribution in [0.25, 0.3) is 0 Å². The number of urea groups is 1.